The molecule has 0 aliphatic rings. The molecule has 0 saturated carbocycles. The predicted molar refractivity (Wildman–Crippen MR) is 106 cm³/mol. The lowest BCUT2D eigenvalue weighted by Gasteiger charge is -2.08. The fraction of sp³-hybridized carbons (Fsp3) is 0.389. The Balaban J connectivity index is 1.95. The second-order valence-corrected chi connectivity index (χ2v) is 7.44. The van der Waals surface area contributed by atoms with E-state index in [-0.39, 0.29) is 5.92 Å². The zero-order chi connectivity index (χ0) is 21.1. The summed E-state index contributed by atoms with van der Waals surface area (Å²) in [5.41, 5.74) is 1.62. The topological polar surface area (TPSA) is 128 Å². The number of aromatic nitrogens is 4. The van der Waals surface area contributed by atoms with Crippen LogP contribution in [0.25, 0.3) is 5.65 Å². The molecule has 11 heteroatoms. The van der Waals surface area contributed by atoms with Crippen molar-refractivity contribution in [3.63, 3.8) is 0 Å². The first-order valence-corrected chi connectivity index (χ1v) is 10.3. The highest BCUT2D eigenvalue weighted by Gasteiger charge is 2.24. The van der Waals surface area contributed by atoms with E-state index in [1.54, 1.807) is 38.1 Å². The van der Waals surface area contributed by atoms with Gasteiger partial charge >= 0.3 is 5.97 Å². The molecule has 2 heterocycles. The first kappa shape index (κ1) is 20.8. The molecule has 0 amide bonds. The third kappa shape index (κ3) is 4.40. The number of H-pyrrole nitrogens is 1. The monoisotopic (exact) mass is 421 g/mol. The minimum absolute atomic E-state index is 0.0457. The number of rotatable bonds is 8. The van der Waals surface area contributed by atoms with Gasteiger partial charge in [-0.25, -0.2) is 17.9 Å². The lowest BCUT2D eigenvalue weighted by atomic mass is 10.1. The molecule has 0 spiro atoms. The number of carbonyl (C=O) groups is 1. The number of benzene rings is 1. The molecule has 1 unspecified atom stereocenters. The average Bonchev–Trinajstić information content (AvgIpc) is 3.22. The minimum Gasteiger partial charge on any atom is -0.462 e. The second-order valence-electron chi connectivity index (χ2n) is 6.67. The smallest absolute Gasteiger partial charge is 0.338 e. The maximum Gasteiger partial charge on any atom is 0.338 e. The van der Waals surface area contributed by atoms with Gasteiger partial charge in [-0.15, -0.1) is 0 Å². The molecule has 2 aromatic heterocycles. The number of aromatic amines is 1. The number of ether oxygens (including phenoxy) is 2. The first-order chi connectivity index (χ1) is 13.8. The number of esters is 1. The maximum absolute atomic E-state index is 11.8. The van der Waals surface area contributed by atoms with Crippen molar-refractivity contribution in [2.45, 2.75) is 39.7 Å². The fourth-order valence-corrected chi connectivity index (χ4v) is 3.24. The molecule has 0 saturated heterocycles. The number of thiol groups is 1. The van der Waals surface area contributed by atoms with Crippen molar-refractivity contribution in [2.24, 2.45) is 0 Å². The molecule has 2 N–H and O–H groups in total. The maximum atomic E-state index is 11.8. The van der Waals surface area contributed by atoms with Crippen LogP contribution in [0.5, 0.6) is 11.5 Å². The molecule has 0 aliphatic heterocycles. The third-order valence-electron chi connectivity index (χ3n) is 4.18. The van der Waals surface area contributed by atoms with Gasteiger partial charge in [0.1, 0.15) is 11.4 Å². The Kier molecular flexibility index (Phi) is 6.18. The number of hydrogen-bond donors (Lipinski definition) is 3. The summed E-state index contributed by atoms with van der Waals surface area (Å²) in [6, 6.07) is 6.02. The van der Waals surface area contributed by atoms with Crippen LogP contribution in [0, 0.1) is 0 Å². The van der Waals surface area contributed by atoms with E-state index in [4.69, 9.17) is 9.47 Å². The number of nitrogens with zero attached hydrogens (tertiary/aromatic N) is 3. The summed E-state index contributed by atoms with van der Waals surface area (Å²) in [4.78, 5) is 11.8. The van der Waals surface area contributed by atoms with Crippen molar-refractivity contribution < 1.29 is 22.7 Å². The highest BCUT2D eigenvalue weighted by molar-refractivity contribution is 7.70. The van der Waals surface area contributed by atoms with Crippen LogP contribution in [0.3, 0.4) is 0 Å². The van der Waals surface area contributed by atoms with Gasteiger partial charge in [-0.1, -0.05) is 13.8 Å². The SMILES string of the molecule is CCOC(=O)c1ccc(Oc2c(C(C)C)nn3c(C(C)N[SH](=O)=O)n[nH]c23)cc1. The van der Waals surface area contributed by atoms with Gasteiger partial charge in [0.05, 0.1) is 18.2 Å². The fourth-order valence-electron chi connectivity index (χ4n) is 2.81. The minimum atomic E-state index is -2.78. The van der Waals surface area contributed by atoms with E-state index < -0.39 is 22.9 Å². The molecule has 29 heavy (non-hydrogen) atoms. The van der Waals surface area contributed by atoms with Crippen molar-refractivity contribution >= 4 is 22.5 Å². The molecule has 0 bridgehead atoms. The van der Waals surface area contributed by atoms with E-state index in [0.717, 1.165) is 0 Å². The molecule has 156 valence electrons. The van der Waals surface area contributed by atoms with Gasteiger partial charge in [0.15, 0.2) is 17.2 Å². The van der Waals surface area contributed by atoms with Crippen LogP contribution in [-0.4, -0.2) is 40.8 Å². The Morgan fingerprint density at radius 1 is 1.24 bits per heavy atom. The van der Waals surface area contributed by atoms with E-state index in [0.29, 0.717) is 40.8 Å². The van der Waals surface area contributed by atoms with Crippen LogP contribution in [-0.2, 0) is 15.6 Å². The van der Waals surface area contributed by atoms with Crippen molar-refractivity contribution in [3.05, 3.63) is 41.3 Å². The molecule has 1 aromatic carbocycles. The predicted octanol–water partition coefficient (Wildman–Crippen LogP) is 2.33. The summed E-state index contributed by atoms with van der Waals surface area (Å²) in [6.45, 7) is 7.67. The van der Waals surface area contributed by atoms with Gasteiger partial charge in [-0.3, -0.25) is 5.10 Å². The lowest BCUT2D eigenvalue weighted by molar-refractivity contribution is 0.0526. The summed E-state index contributed by atoms with van der Waals surface area (Å²) >= 11 is 0. The van der Waals surface area contributed by atoms with Crippen molar-refractivity contribution in [2.75, 3.05) is 6.61 Å². The summed E-state index contributed by atoms with van der Waals surface area (Å²) in [6.07, 6.45) is 0. The van der Waals surface area contributed by atoms with Gasteiger partial charge < -0.3 is 9.47 Å². The molecule has 10 nitrogen and oxygen atoms in total. The van der Waals surface area contributed by atoms with Gasteiger partial charge in [-0.05, 0) is 38.1 Å². The average molecular weight is 421 g/mol. The molecule has 0 fully saturated rings. The van der Waals surface area contributed by atoms with Crippen LogP contribution in [0.1, 0.15) is 61.5 Å². The summed E-state index contributed by atoms with van der Waals surface area (Å²) in [5, 5.41) is 11.6. The molecular weight excluding hydrogens is 398 g/mol. The van der Waals surface area contributed by atoms with Gasteiger partial charge in [0, 0.05) is 5.92 Å². The molecule has 3 aromatic rings. The molecule has 3 rings (SSSR count). The van der Waals surface area contributed by atoms with Crippen molar-refractivity contribution in [3.8, 4) is 11.5 Å². The summed E-state index contributed by atoms with van der Waals surface area (Å²) in [7, 11) is -2.78. The van der Waals surface area contributed by atoms with E-state index in [2.05, 4.69) is 20.0 Å². The molecular formula is C18H23N5O5S. The van der Waals surface area contributed by atoms with Crippen molar-refractivity contribution in [1.82, 2.24) is 24.5 Å². The Bertz CT molecular complexity index is 1080. The second kappa shape index (κ2) is 8.62. The van der Waals surface area contributed by atoms with Gasteiger partial charge in [-0.2, -0.15) is 14.7 Å². The number of nitrogens with one attached hydrogen (secondary N) is 2. The third-order valence-corrected chi connectivity index (χ3v) is 4.78. The van der Waals surface area contributed by atoms with Gasteiger partial charge in [0.25, 0.3) is 0 Å². The summed E-state index contributed by atoms with van der Waals surface area (Å²) < 4.78 is 36.9. The number of fused-ring (bicyclic) bond motifs is 1. The first-order valence-electron chi connectivity index (χ1n) is 9.14. The quantitative estimate of drug-likeness (QED) is 0.376. The largest absolute Gasteiger partial charge is 0.462 e. The highest BCUT2D eigenvalue weighted by atomic mass is 32.2. The standard InChI is InChI=1S/C18H23N5O5S/c1-5-27-18(24)12-6-8-13(9-7-12)28-15-14(10(2)3)21-23-16(19-20-17(15)23)11(4)22-29(25)26/h6-11,20,29H,5H2,1-4H3,(H,22,25,26). The molecule has 0 radical (unpaired) electrons. The number of carbonyl (C=O) groups excluding carboxylic acids is 1. The zero-order valence-electron chi connectivity index (χ0n) is 16.5. The summed E-state index contributed by atoms with van der Waals surface area (Å²) in [5.74, 6) is 1.06. The Morgan fingerprint density at radius 2 is 1.93 bits per heavy atom. The zero-order valence-corrected chi connectivity index (χ0v) is 17.4. The van der Waals surface area contributed by atoms with E-state index in [1.165, 1.54) is 4.52 Å². The normalized spacial score (nSPS) is 12.6. The number of hydrogen-bond acceptors (Lipinski definition) is 7. The van der Waals surface area contributed by atoms with Gasteiger partial charge in [0.2, 0.25) is 10.9 Å². The van der Waals surface area contributed by atoms with E-state index in [1.807, 2.05) is 13.8 Å². The van der Waals surface area contributed by atoms with Crippen LogP contribution in [0.2, 0.25) is 0 Å². The van der Waals surface area contributed by atoms with Crippen LogP contribution >= 0.6 is 0 Å². The Hall–Kier alpha value is -2.92. The Labute approximate surface area is 169 Å². The molecule has 0 aliphatic carbocycles. The highest BCUT2D eigenvalue weighted by Crippen LogP contribution is 2.34. The lowest BCUT2D eigenvalue weighted by Crippen LogP contribution is -2.19. The van der Waals surface area contributed by atoms with E-state index in [9.17, 15) is 13.2 Å². The Morgan fingerprint density at radius 3 is 2.52 bits per heavy atom. The van der Waals surface area contributed by atoms with Crippen LogP contribution < -0.4 is 9.46 Å². The van der Waals surface area contributed by atoms with Crippen molar-refractivity contribution in [1.29, 1.82) is 0 Å². The van der Waals surface area contributed by atoms with Crippen LogP contribution in [0.15, 0.2) is 24.3 Å². The van der Waals surface area contributed by atoms with Crippen LogP contribution in [0.4, 0.5) is 0 Å². The molecule has 1 atom stereocenters. The van der Waals surface area contributed by atoms with E-state index >= 15 is 0 Å².